The van der Waals surface area contributed by atoms with E-state index in [0.717, 1.165) is 49.8 Å². The first-order valence-electron chi connectivity index (χ1n) is 12.4. The highest BCUT2D eigenvalue weighted by Crippen LogP contribution is 2.37. The third-order valence-corrected chi connectivity index (χ3v) is 7.83. The molecule has 2 heterocycles. The number of alkyl halides is 3. The van der Waals surface area contributed by atoms with E-state index in [1.807, 2.05) is 12.1 Å². The average Bonchev–Trinajstić information content (AvgIpc) is 2.87. The fourth-order valence-electron chi connectivity index (χ4n) is 5.45. The summed E-state index contributed by atoms with van der Waals surface area (Å²) in [6.45, 7) is 2.27. The number of anilines is 1. The van der Waals surface area contributed by atoms with Crippen molar-refractivity contribution in [3.8, 4) is 0 Å². The number of benzene rings is 2. The van der Waals surface area contributed by atoms with Gasteiger partial charge in [-0.25, -0.2) is 4.39 Å². The molecule has 0 atom stereocenters. The summed E-state index contributed by atoms with van der Waals surface area (Å²) >= 11 is 6.37. The van der Waals surface area contributed by atoms with Gasteiger partial charge >= 0.3 is 6.18 Å². The van der Waals surface area contributed by atoms with Crippen molar-refractivity contribution < 1.29 is 27.2 Å². The largest absolute Gasteiger partial charge is 0.417 e. The number of rotatable bonds is 4. The highest BCUT2D eigenvalue weighted by Gasteiger charge is 2.39. The van der Waals surface area contributed by atoms with Crippen molar-refractivity contribution in [2.75, 3.05) is 45.2 Å². The van der Waals surface area contributed by atoms with Gasteiger partial charge in [-0.1, -0.05) is 17.7 Å². The summed E-state index contributed by atoms with van der Waals surface area (Å²) in [5.74, 6) is -1.39. The minimum atomic E-state index is -4.80. The van der Waals surface area contributed by atoms with Gasteiger partial charge in [-0.05, 0) is 67.9 Å². The summed E-state index contributed by atoms with van der Waals surface area (Å²) in [5.41, 5.74) is -0.696. The van der Waals surface area contributed by atoms with E-state index in [0.29, 0.717) is 48.4 Å². The molecule has 2 aliphatic rings. The third-order valence-electron chi connectivity index (χ3n) is 7.52. The van der Waals surface area contributed by atoms with E-state index in [4.69, 9.17) is 11.6 Å². The first kappa shape index (κ1) is 27.2. The Bertz CT molecular complexity index is 1150. The van der Waals surface area contributed by atoms with Gasteiger partial charge in [0.15, 0.2) is 0 Å². The van der Waals surface area contributed by atoms with Gasteiger partial charge in [0.1, 0.15) is 5.82 Å². The monoisotopic (exact) mass is 539 g/mol. The fourth-order valence-corrected chi connectivity index (χ4v) is 5.71. The number of halogens is 5. The van der Waals surface area contributed by atoms with E-state index in [2.05, 4.69) is 4.90 Å². The zero-order valence-corrected chi connectivity index (χ0v) is 21.6. The molecule has 0 aromatic heterocycles. The maximum Gasteiger partial charge on any atom is 0.417 e. The molecule has 2 aliphatic heterocycles. The molecule has 0 bridgehead atoms. The molecule has 2 aromatic rings. The zero-order valence-electron chi connectivity index (χ0n) is 20.8. The van der Waals surface area contributed by atoms with Crippen LogP contribution < -0.4 is 4.90 Å². The first-order chi connectivity index (χ1) is 17.5. The lowest BCUT2D eigenvalue weighted by atomic mass is 9.78. The van der Waals surface area contributed by atoms with Crippen LogP contribution in [0.25, 0.3) is 0 Å². The van der Waals surface area contributed by atoms with Gasteiger partial charge in [0.05, 0.1) is 21.7 Å². The Morgan fingerprint density at radius 2 is 1.54 bits per heavy atom. The number of piperidine rings is 2. The predicted octanol–water partition coefficient (Wildman–Crippen LogP) is 5.97. The molecule has 2 fully saturated rings. The summed E-state index contributed by atoms with van der Waals surface area (Å²) in [5, 5.41) is 0.416. The van der Waals surface area contributed by atoms with Crippen molar-refractivity contribution in [3.05, 3.63) is 63.9 Å². The number of amides is 2. The molecule has 4 rings (SSSR count). The maximum atomic E-state index is 14.3. The molecule has 5 nitrogen and oxygen atoms in total. The van der Waals surface area contributed by atoms with Crippen LogP contribution in [0.4, 0.5) is 23.2 Å². The number of nitrogens with zero attached hydrogens (tertiary/aromatic N) is 3. The van der Waals surface area contributed by atoms with Crippen LogP contribution in [-0.2, 0) is 6.18 Å². The lowest BCUT2D eigenvalue weighted by molar-refractivity contribution is -0.138. The summed E-state index contributed by atoms with van der Waals surface area (Å²) < 4.78 is 54.3. The second-order valence-electron chi connectivity index (χ2n) is 9.98. The van der Waals surface area contributed by atoms with Crippen LogP contribution in [-0.4, -0.2) is 61.9 Å². The maximum absolute atomic E-state index is 14.3. The highest BCUT2D eigenvalue weighted by molar-refractivity contribution is 6.34. The molecule has 2 aromatic carbocycles. The van der Waals surface area contributed by atoms with Crippen molar-refractivity contribution in [2.24, 2.45) is 11.8 Å². The minimum absolute atomic E-state index is 0.148. The molecule has 2 amide bonds. The number of likely N-dealkylation sites (tertiary alicyclic amines) is 1. The minimum Gasteiger partial charge on any atom is -0.371 e. The van der Waals surface area contributed by atoms with Crippen LogP contribution in [0, 0.1) is 17.7 Å². The molecule has 0 spiro atoms. The summed E-state index contributed by atoms with van der Waals surface area (Å²) in [6.07, 6.45) is -1.55. The topological polar surface area (TPSA) is 43.9 Å². The standard InChI is InChI=1S/C27H30ClF4N3O2/c1-33(2)25(36)20-7-6-19(16-22(20)28)34-12-8-17(9-13-34)18-10-14-35(15-11-18)26(37)24-21(27(30,31)32)4-3-5-23(24)29/h3-7,16-18H,8-15H2,1-2H3. The fraction of sp³-hybridized carbons (Fsp3) is 0.481. The Labute approximate surface area is 219 Å². The molecular formula is C27H30ClF4N3O2. The van der Waals surface area contributed by atoms with Crippen LogP contribution in [0.2, 0.25) is 5.02 Å². The number of hydrogen-bond donors (Lipinski definition) is 0. The number of hydrogen-bond acceptors (Lipinski definition) is 3. The van der Waals surface area contributed by atoms with E-state index < -0.39 is 29.0 Å². The van der Waals surface area contributed by atoms with Gasteiger partial charge in [-0.15, -0.1) is 0 Å². The Kier molecular flexibility index (Phi) is 8.02. The van der Waals surface area contributed by atoms with E-state index in [9.17, 15) is 27.2 Å². The van der Waals surface area contributed by atoms with E-state index in [-0.39, 0.29) is 5.91 Å². The van der Waals surface area contributed by atoms with Gasteiger partial charge < -0.3 is 14.7 Å². The van der Waals surface area contributed by atoms with Gasteiger partial charge in [0.2, 0.25) is 0 Å². The van der Waals surface area contributed by atoms with Crippen LogP contribution in [0.15, 0.2) is 36.4 Å². The highest BCUT2D eigenvalue weighted by atomic mass is 35.5. The van der Waals surface area contributed by atoms with Gasteiger partial charge in [-0.3, -0.25) is 9.59 Å². The van der Waals surface area contributed by atoms with Crippen LogP contribution in [0.3, 0.4) is 0 Å². The molecule has 0 unspecified atom stereocenters. The zero-order chi connectivity index (χ0) is 26.9. The Morgan fingerprint density at radius 3 is 2.08 bits per heavy atom. The predicted molar refractivity (Wildman–Crippen MR) is 134 cm³/mol. The molecule has 0 aliphatic carbocycles. The Balaban J connectivity index is 1.33. The normalized spacial score (nSPS) is 17.7. The average molecular weight is 540 g/mol. The van der Waals surface area contributed by atoms with Crippen LogP contribution in [0.1, 0.15) is 52.0 Å². The second kappa shape index (κ2) is 10.9. The molecular weight excluding hydrogens is 510 g/mol. The second-order valence-corrected chi connectivity index (χ2v) is 10.4. The van der Waals surface area contributed by atoms with E-state index >= 15 is 0 Å². The lowest BCUT2D eigenvalue weighted by Crippen LogP contribution is -2.43. The van der Waals surface area contributed by atoms with Crippen molar-refractivity contribution in [1.29, 1.82) is 0 Å². The Hall–Kier alpha value is -2.81. The van der Waals surface area contributed by atoms with Crippen molar-refractivity contribution in [3.63, 3.8) is 0 Å². The molecule has 2 saturated heterocycles. The van der Waals surface area contributed by atoms with Crippen LogP contribution in [0.5, 0.6) is 0 Å². The van der Waals surface area contributed by atoms with Crippen molar-refractivity contribution >= 4 is 29.1 Å². The quantitative estimate of drug-likeness (QED) is 0.450. The smallest absolute Gasteiger partial charge is 0.371 e. The molecule has 10 heteroatoms. The third kappa shape index (κ3) is 5.87. The molecule has 200 valence electrons. The van der Waals surface area contributed by atoms with E-state index in [1.54, 1.807) is 20.2 Å². The van der Waals surface area contributed by atoms with Crippen molar-refractivity contribution in [2.45, 2.75) is 31.9 Å². The van der Waals surface area contributed by atoms with Gasteiger partial charge in [0.25, 0.3) is 11.8 Å². The van der Waals surface area contributed by atoms with Crippen LogP contribution >= 0.6 is 11.6 Å². The van der Waals surface area contributed by atoms with Gasteiger partial charge in [-0.2, -0.15) is 13.2 Å². The first-order valence-corrected chi connectivity index (χ1v) is 12.8. The molecule has 37 heavy (non-hydrogen) atoms. The van der Waals surface area contributed by atoms with E-state index in [1.165, 1.54) is 9.80 Å². The summed E-state index contributed by atoms with van der Waals surface area (Å²) in [6, 6.07) is 8.09. The van der Waals surface area contributed by atoms with Crippen molar-refractivity contribution in [1.82, 2.24) is 9.80 Å². The molecule has 0 saturated carbocycles. The number of carbonyl (C=O) groups is 2. The molecule has 0 N–H and O–H groups in total. The summed E-state index contributed by atoms with van der Waals surface area (Å²) in [7, 11) is 3.36. The summed E-state index contributed by atoms with van der Waals surface area (Å²) in [4.78, 5) is 30.1. The number of carbonyl (C=O) groups excluding carboxylic acids is 2. The Morgan fingerprint density at radius 1 is 0.946 bits per heavy atom. The lowest BCUT2D eigenvalue weighted by Gasteiger charge is -2.41. The molecule has 0 radical (unpaired) electrons. The van der Waals surface area contributed by atoms with Gasteiger partial charge in [0, 0.05) is 46.0 Å². The SMILES string of the molecule is CN(C)C(=O)c1ccc(N2CCC(C3CCN(C(=O)c4c(F)cccc4C(F)(F)F)CC3)CC2)cc1Cl.